The van der Waals surface area contributed by atoms with Crippen LogP contribution in [0.2, 0.25) is 0 Å². The largest absolute Gasteiger partial charge is 0.756 e. The van der Waals surface area contributed by atoms with Crippen molar-refractivity contribution in [1.29, 1.82) is 0 Å². The average molecular weight is 1190 g/mol. The molecule has 0 rings (SSSR count). The van der Waals surface area contributed by atoms with Crippen molar-refractivity contribution in [1.82, 2.24) is 5.32 Å². The molecule has 0 aromatic rings. The molecule has 0 heterocycles. The third-order valence-corrected chi connectivity index (χ3v) is 16.8. The molecule has 0 bridgehead atoms. The van der Waals surface area contributed by atoms with E-state index in [4.69, 9.17) is 9.05 Å². The lowest BCUT2D eigenvalue weighted by atomic mass is 10.0. The van der Waals surface area contributed by atoms with Crippen LogP contribution in [0.1, 0.15) is 322 Å². The molecule has 0 aliphatic rings. The summed E-state index contributed by atoms with van der Waals surface area (Å²) in [6, 6.07) is -0.894. The Bertz CT molecular complexity index is 1690. The molecule has 0 spiro atoms. The highest BCUT2D eigenvalue weighted by molar-refractivity contribution is 7.45. The van der Waals surface area contributed by atoms with Gasteiger partial charge in [0.05, 0.1) is 39.9 Å². The van der Waals surface area contributed by atoms with Crippen LogP contribution in [0.25, 0.3) is 0 Å². The average Bonchev–Trinajstić information content (AvgIpc) is 3.56. The standard InChI is InChI=1S/C75H137N2O6P/c1-6-8-10-12-14-16-18-20-22-24-26-28-30-32-34-35-36-37-38-39-40-41-43-45-47-49-51-53-55-57-59-61-63-65-67-69-75(79)76-73(72-83-84(80,81)82-71-70-77(3,4)5)74(78)68-66-64-62-60-58-56-54-52-50-48-46-44-42-33-31-29-27-25-23-21-19-17-15-13-11-9-7-2/h8,10,14,16,20,22,26,28,32,34,36-37,39-40,66,68,73-74,78H,6-7,9,11-13,15,17-19,21,23-25,27,29-31,33,35,38,41-65,67,69-72H2,1-5H3,(H-,76,79,80,81)/b10-8-,16-14-,22-20-,28-26-,34-32-,37-36-,40-39-,68-66+. The van der Waals surface area contributed by atoms with Crippen molar-refractivity contribution in [3.05, 3.63) is 97.2 Å². The van der Waals surface area contributed by atoms with Gasteiger partial charge in [-0.2, -0.15) is 0 Å². The van der Waals surface area contributed by atoms with Crippen molar-refractivity contribution < 1.29 is 32.9 Å². The van der Waals surface area contributed by atoms with E-state index in [1.54, 1.807) is 6.08 Å². The second-order valence-electron chi connectivity index (χ2n) is 25.2. The number of likely N-dealkylation sites (N-methyl/N-ethyl adjacent to an activating group) is 1. The van der Waals surface area contributed by atoms with E-state index in [1.807, 2.05) is 27.2 Å². The maximum atomic E-state index is 13.0. The first-order valence-electron chi connectivity index (χ1n) is 35.6. The Balaban J connectivity index is 4.09. The molecule has 0 aromatic carbocycles. The summed E-state index contributed by atoms with van der Waals surface area (Å²) in [5.74, 6) is -0.198. The molecule has 2 N–H and O–H groups in total. The number of carbonyl (C=O) groups is 1. The number of quaternary nitrogens is 1. The van der Waals surface area contributed by atoms with Crippen molar-refractivity contribution in [3.63, 3.8) is 0 Å². The first-order chi connectivity index (χ1) is 41.0. The predicted molar refractivity (Wildman–Crippen MR) is 366 cm³/mol. The number of unbranched alkanes of at least 4 members (excludes halogenated alkanes) is 38. The molecule has 0 fully saturated rings. The third-order valence-electron chi connectivity index (χ3n) is 15.8. The van der Waals surface area contributed by atoms with Gasteiger partial charge in [0, 0.05) is 6.42 Å². The van der Waals surface area contributed by atoms with Gasteiger partial charge in [-0.25, -0.2) is 0 Å². The molecule has 0 saturated heterocycles. The van der Waals surface area contributed by atoms with E-state index in [0.29, 0.717) is 17.4 Å². The smallest absolute Gasteiger partial charge is 0.268 e. The van der Waals surface area contributed by atoms with E-state index in [2.05, 4.69) is 104 Å². The molecule has 488 valence electrons. The SMILES string of the molecule is CC/C=C\C/C=C\C/C=C\C/C=C\C/C=C\C/C=C\C/C=C\CCCCCCCCCCCCCCCC(=O)NC(COP(=O)([O-])OCC[N+](C)(C)C)C(O)/C=C/CCCCCCCCCCCCCCCCCCCCCCCCCCC. The Hall–Kier alpha value is -2.58. The molecule has 1 amide bonds. The number of allylic oxidation sites excluding steroid dienone is 15. The monoisotopic (exact) mass is 1190 g/mol. The fourth-order valence-electron chi connectivity index (χ4n) is 10.3. The van der Waals surface area contributed by atoms with Gasteiger partial charge in [0.25, 0.3) is 7.82 Å². The Morgan fingerprint density at radius 3 is 1.06 bits per heavy atom. The number of aliphatic hydroxyl groups is 1. The number of hydrogen-bond acceptors (Lipinski definition) is 6. The third kappa shape index (κ3) is 66.9. The second-order valence-corrected chi connectivity index (χ2v) is 26.6. The first kappa shape index (κ1) is 81.4. The van der Waals surface area contributed by atoms with Crippen LogP contribution in [0.4, 0.5) is 0 Å². The van der Waals surface area contributed by atoms with Crippen molar-refractivity contribution >= 4 is 13.7 Å². The lowest BCUT2D eigenvalue weighted by Gasteiger charge is -2.29. The summed E-state index contributed by atoms with van der Waals surface area (Å²) in [6.07, 6.45) is 93.8. The lowest BCUT2D eigenvalue weighted by molar-refractivity contribution is -0.870. The normalized spacial score (nSPS) is 14.2. The molecule has 84 heavy (non-hydrogen) atoms. The molecule has 0 aromatic heterocycles. The summed E-state index contributed by atoms with van der Waals surface area (Å²) in [7, 11) is 1.26. The van der Waals surface area contributed by atoms with Gasteiger partial charge in [-0.1, -0.05) is 336 Å². The summed E-state index contributed by atoms with van der Waals surface area (Å²) in [6.45, 7) is 4.57. The molecule has 8 nitrogen and oxygen atoms in total. The molecule has 9 heteroatoms. The van der Waals surface area contributed by atoms with Crippen LogP contribution in [-0.4, -0.2) is 68.5 Å². The van der Waals surface area contributed by atoms with Gasteiger partial charge in [0.1, 0.15) is 13.2 Å². The molecule has 0 aliphatic heterocycles. The number of nitrogens with zero attached hydrogens (tertiary/aromatic N) is 1. The van der Waals surface area contributed by atoms with E-state index in [1.165, 1.54) is 218 Å². The quantitative estimate of drug-likeness (QED) is 0.0272. The van der Waals surface area contributed by atoms with Crippen LogP contribution < -0.4 is 10.2 Å². The molecule has 3 atom stereocenters. The highest BCUT2D eigenvalue weighted by Gasteiger charge is 2.23. The number of hydrogen-bond donors (Lipinski definition) is 2. The highest BCUT2D eigenvalue weighted by Crippen LogP contribution is 2.38. The molecule has 3 unspecified atom stereocenters. The maximum absolute atomic E-state index is 13.0. The lowest BCUT2D eigenvalue weighted by Crippen LogP contribution is -2.45. The summed E-state index contributed by atoms with van der Waals surface area (Å²) in [5, 5.41) is 14.0. The van der Waals surface area contributed by atoms with E-state index < -0.39 is 20.0 Å². The second kappa shape index (κ2) is 64.9. The zero-order chi connectivity index (χ0) is 61.2. The van der Waals surface area contributed by atoms with Gasteiger partial charge >= 0.3 is 0 Å². The summed E-state index contributed by atoms with van der Waals surface area (Å²) in [5.41, 5.74) is 0. The van der Waals surface area contributed by atoms with Crippen molar-refractivity contribution in [2.24, 2.45) is 0 Å². The van der Waals surface area contributed by atoms with Crippen LogP contribution in [0.3, 0.4) is 0 Å². The van der Waals surface area contributed by atoms with Gasteiger partial charge in [-0.3, -0.25) is 9.36 Å². The van der Waals surface area contributed by atoms with Crippen LogP contribution in [0, 0.1) is 0 Å². The van der Waals surface area contributed by atoms with Crippen LogP contribution in [-0.2, 0) is 18.4 Å². The van der Waals surface area contributed by atoms with E-state index in [0.717, 1.165) is 83.5 Å². The minimum atomic E-state index is -4.61. The van der Waals surface area contributed by atoms with E-state index in [9.17, 15) is 19.4 Å². The van der Waals surface area contributed by atoms with E-state index in [-0.39, 0.29) is 19.1 Å². The number of aliphatic hydroxyl groups excluding tert-OH is 1. The number of amides is 1. The van der Waals surface area contributed by atoms with Crippen LogP contribution in [0.5, 0.6) is 0 Å². The van der Waals surface area contributed by atoms with Gasteiger partial charge in [-0.15, -0.1) is 0 Å². The van der Waals surface area contributed by atoms with Crippen molar-refractivity contribution in [2.75, 3.05) is 40.9 Å². The predicted octanol–water partition coefficient (Wildman–Crippen LogP) is 22.3. The fraction of sp³-hybridized carbons (Fsp3) is 0.773. The first-order valence-corrected chi connectivity index (χ1v) is 37.1. The summed E-state index contributed by atoms with van der Waals surface area (Å²) in [4.78, 5) is 25.7. The zero-order valence-electron chi connectivity index (χ0n) is 55.8. The number of carbonyl (C=O) groups excluding carboxylic acids is 1. The van der Waals surface area contributed by atoms with Gasteiger partial charge in [-0.05, 0) is 77.0 Å². The van der Waals surface area contributed by atoms with Crippen molar-refractivity contribution in [2.45, 2.75) is 334 Å². The van der Waals surface area contributed by atoms with Crippen LogP contribution in [0.15, 0.2) is 97.2 Å². The highest BCUT2D eigenvalue weighted by atomic mass is 31.2. The Labute approximate surface area is 521 Å². The van der Waals surface area contributed by atoms with E-state index >= 15 is 0 Å². The maximum Gasteiger partial charge on any atom is 0.268 e. The fourth-order valence-corrected chi connectivity index (χ4v) is 11.0. The molecule has 0 aliphatic carbocycles. The summed E-state index contributed by atoms with van der Waals surface area (Å²) < 4.78 is 23.5. The van der Waals surface area contributed by atoms with Crippen molar-refractivity contribution in [3.8, 4) is 0 Å². The Kier molecular flexibility index (Phi) is 62.9. The Morgan fingerprint density at radius 1 is 0.429 bits per heavy atom. The van der Waals surface area contributed by atoms with Crippen LogP contribution >= 0.6 is 7.82 Å². The number of nitrogens with one attached hydrogen (secondary N) is 1. The van der Waals surface area contributed by atoms with Gasteiger partial charge in [0.2, 0.25) is 5.91 Å². The minimum Gasteiger partial charge on any atom is -0.756 e. The molecule has 0 saturated carbocycles. The number of phosphoric acid groups is 1. The van der Waals surface area contributed by atoms with Gasteiger partial charge in [0.15, 0.2) is 0 Å². The molecular formula is C75H137N2O6P. The zero-order valence-corrected chi connectivity index (χ0v) is 56.7. The number of rotatable bonds is 65. The number of phosphoric ester groups is 1. The molecule has 0 radical (unpaired) electrons. The summed E-state index contributed by atoms with van der Waals surface area (Å²) >= 11 is 0. The molecular weight excluding hydrogens is 1060 g/mol. The minimum absolute atomic E-state index is 0.00381. The Morgan fingerprint density at radius 2 is 0.726 bits per heavy atom. The topological polar surface area (TPSA) is 108 Å². The van der Waals surface area contributed by atoms with Gasteiger partial charge < -0.3 is 28.8 Å².